The van der Waals surface area contributed by atoms with Crippen LogP contribution in [0.1, 0.15) is 31.4 Å². The molecule has 1 aromatic heterocycles. The third kappa shape index (κ3) is 2.24. The lowest BCUT2D eigenvalue weighted by Gasteiger charge is -2.21. The SMILES string of the molecule is CCn1cc([C@@H]2CCCN2CC(=O)O)cn1. The zero-order chi connectivity index (χ0) is 11.5. The number of carboxylic acid groups (broad SMARTS) is 1. The second-order valence-corrected chi connectivity index (χ2v) is 4.15. The van der Waals surface area contributed by atoms with Gasteiger partial charge in [-0.15, -0.1) is 0 Å². The largest absolute Gasteiger partial charge is 0.480 e. The smallest absolute Gasteiger partial charge is 0.317 e. The van der Waals surface area contributed by atoms with Gasteiger partial charge in [0.1, 0.15) is 0 Å². The Bertz CT molecular complexity index is 375. The molecule has 1 aliphatic rings. The Morgan fingerprint density at radius 1 is 1.69 bits per heavy atom. The molecule has 0 aliphatic carbocycles. The topological polar surface area (TPSA) is 58.4 Å². The summed E-state index contributed by atoms with van der Waals surface area (Å²) in [5.41, 5.74) is 1.14. The van der Waals surface area contributed by atoms with Crippen LogP contribution >= 0.6 is 0 Å². The van der Waals surface area contributed by atoms with E-state index in [1.54, 1.807) is 0 Å². The van der Waals surface area contributed by atoms with Crippen LogP contribution < -0.4 is 0 Å². The molecule has 1 saturated heterocycles. The molecule has 0 bridgehead atoms. The summed E-state index contributed by atoms with van der Waals surface area (Å²) < 4.78 is 1.88. The Morgan fingerprint density at radius 3 is 3.12 bits per heavy atom. The van der Waals surface area contributed by atoms with Crippen LogP contribution in [0.3, 0.4) is 0 Å². The minimum atomic E-state index is -0.755. The lowest BCUT2D eigenvalue weighted by atomic mass is 10.1. The molecule has 1 N–H and O–H groups in total. The first-order valence-electron chi connectivity index (χ1n) is 5.69. The number of carbonyl (C=O) groups is 1. The average molecular weight is 223 g/mol. The van der Waals surface area contributed by atoms with Gasteiger partial charge in [-0.3, -0.25) is 14.4 Å². The van der Waals surface area contributed by atoms with Crippen molar-refractivity contribution in [3.63, 3.8) is 0 Å². The van der Waals surface area contributed by atoms with E-state index in [2.05, 4.69) is 5.10 Å². The average Bonchev–Trinajstić information content (AvgIpc) is 2.84. The van der Waals surface area contributed by atoms with Crippen molar-refractivity contribution in [2.75, 3.05) is 13.1 Å². The van der Waals surface area contributed by atoms with E-state index in [4.69, 9.17) is 5.11 Å². The van der Waals surface area contributed by atoms with Gasteiger partial charge >= 0.3 is 5.97 Å². The summed E-state index contributed by atoms with van der Waals surface area (Å²) in [5, 5.41) is 13.1. The van der Waals surface area contributed by atoms with Crippen molar-refractivity contribution in [1.29, 1.82) is 0 Å². The van der Waals surface area contributed by atoms with Gasteiger partial charge < -0.3 is 5.11 Å². The zero-order valence-corrected chi connectivity index (χ0v) is 9.46. The third-order valence-electron chi connectivity index (χ3n) is 3.06. The molecule has 1 aliphatic heterocycles. The number of aromatic nitrogens is 2. The minimum Gasteiger partial charge on any atom is -0.480 e. The molecule has 1 fully saturated rings. The summed E-state index contributed by atoms with van der Waals surface area (Å²) in [4.78, 5) is 12.7. The standard InChI is InChI=1S/C11H17N3O2/c1-2-14-7-9(6-12-14)10-4-3-5-13(10)8-11(15)16/h6-7,10H,2-5,8H2,1H3,(H,15,16)/t10-/m0/s1. The fourth-order valence-electron chi connectivity index (χ4n) is 2.29. The van der Waals surface area contributed by atoms with Gasteiger partial charge in [0.2, 0.25) is 0 Å². The highest BCUT2D eigenvalue weighted by Crippen LogP contribution is 2.31. The van der Waals surface area contributed by atoms with E-state index in [0.717, 1.165) is 31.5 Å². The van der Waals surface area contributed by atoms with E-state index < -0.39 is 5.97 Å². The minimum absolute atomic E-state index is 0.127. The number of hydrogen-bond donors (Lipinski definition) is 1. The van der Waals surface area contributed by atoms with Gasteiger partial charge in [-0.05, 0) is 26.3 Å². The Morgan fingerprint density at radius 2 is 2.50 bits per heavy atom. The number of aliphatic carboxylic acids is 1. The van der Waals surface area contributed by atoms with Crippen molar-refractivity contribution < 1.29 is 9.90 Å². The van der Waals surface area contributed by atoms with E-state index in [1.165, 1.54) is 0 Å². The van der Waals surface area contributed by atoms with Crippen LogP contribution in [-0.4, -0.2) is 38.8 Å². The maximum atomic E-state index is 10.7. The van der Waals surface area contributed by atoms with Gasteiger partial charge in [0.25, 0.3) is 0 Å². The van der Waals surface area contributed by atoms with Gasteiger partial charge in [0.15, 0.2) is 0 Å². The third-order valence-corrected chi connectivity index (χ3v) is 3.06. The number of hydrogen-bond acceptors (Lipinski definition) is 3. The van der Waals surface area contributed by atoms with Crippen LogP contribution in [0, 0.1) is 0 Å². The van der Waals surface area contributed by atoms with Crippen molar-refractivity contribution in [1.82, 2.24) is 14.7 Å². The van der Waals surface area contributed by atoms with Crippen molar-refractivity contribution in [2.45, 2.75) is 32.4 Å². The quantitative estimate of drug-likeness (QED) is 0.831. The van der Waals surface area contributed by atoms with Crippen molar-refractivity contribution >= 4 is 5.97 Å². The van der Waals surface area contributed by atoms with E-state index in [9.17, 15) is 4.79 Å². The Kier molecular flexibility index (Phi) is 3.24. The number of likely N-dealkylation sites (tertiary alicyclic amines) is 1. The first kappa shape index (κ1) is 11.1. The van der Waals surface area contributed by atoms with Crippen LogP contribution in [0.5, 0.6) is 0 Å². The van der Waals surface area contributed by atoms with E-state index in [0.29, 0.717) is 0 Å². The highest BCUT2D eigenvalue weighted by atomic mass is 16.4. The molecule has 0 amide bonds. The molecule has 2 rings (SSSR count). The highest BCUT2D eigenvalue weighted by molar-refractivity contribution is 5.69. The zero-order valence-electron chi connectivity index (χ0n) is 9.46. The first-order valence-corrected chi connectivity index (χ1v) is 5.69. The van der Waals surface area contributed by atoms with Gasteiger partial charge in [0, 0.05) is 24.3 Å². The Labute approximate surface area is 94.7 Å². The van der Waals surface area contributed by atoms with E-state index >= 15 is 0 Å². The Hall–Kier alpha value is -1.36. The maximum absolute atomic E-state index is 10.7. The monoisotopic (exact) mass is 223 g/mol. The van der Waals surface area contributed by atoms with Gasteiger partial charge in [-0.1, -0.05) is 0 Å². The van der Waals surface area contributed by atoms with Crippen molar-refractivity contribution in [3.05, 3.63) is 18.0 Å². The molecule has 16 heavy (non-hydrogen) atoms. The molecule has 2 heterocycles. The molecule has 5 heteroatoms. The van der Waals surface area contributed by atoms with Crippen LogP contribution in [0.25, 0.3) is 0 Å². The summed E-state index contributed by atoms with van der Waals surface area (Å²) in [6.07, 6.45) is 5.97. The molecule has 0 unspecified atom stereocenters. The fourth-order valence-corrected chi connectivity index (χ4v) is 2.29. The molecule has 1 aromatic rings. The molecule has 88 valence electrons. The van der Waals surface area contributed by atoms with E-state index in [-0.39, 0.29) is 12.6 Å². The number of rotatable bonds is 4. The molecular formula is C11H17N3O2. The van der Waals surface area contributed by atoms with Crippen LogP contribution in [-0.2, 0) is 11.3 Å². The summed E-state index contributed by atoms with van der Waals surface area (Å²) in [5.74, 6) is -0.755. The van der Waals surface area contributed by atoms with Gasteiger partial charge in [-0.25, -0.2) is 0 Å². The summed E-state index contributed by atoms with van der Waals surface area (Å²) in [7, 11) is 0. The summed E-state index contributed by atoms with van der Waals surface area (Å²) >= 11 is 0. The molecule has 5 nitrogen and oxygen atoms in total. The number of carboxylic acids is 1. The molecule has 1 atom stereocenters. The lowest BCUT2D eigenvalue weighted by molar-refractivity contribution is -0.138. The number of nitrogens with zero attached hydrogens (tertiary/aromatic N) is 3. The first-order chi connectivity index (χ1) is 7.70. The van der Waals surface area contributed by atoms with Gasteiger partial charge in [-0.2, -0.15) is 5.10 Å². The molecule has 0 radical (unpaired) electrons. The highest BCUT2D eigenvalue weighted by Gasteiger charge is 2.28. The van der Waals surface area contributed by atoms with Crippen LogP contribution in [0.15, 0.2) is 12.4 Å². The molecular weight excluding hydrogens is 206 g/mol. The summed E-state index contributed by atoms with van der Waals surface area (Å²) in [6.45, 7) is 3.89. The van der Waals surface area contributed by atoms with E-state index in [1.807, 2.05) is 28.9 Å². The van der Waals surface area contributed by atoms with Crippen molar-refractivity contribution in [3.8, 4) is 0 Å². The predicted molar refractivity (Wildman–Crippen MR) is 59.1 cm³/mol. The molecule has 0 spiro atoms. The number of aryl methyl sites for hydroxylation is 1. The Balaban J connectivity index is 2.09. The van der Waals surface area contributed by atoms with Crippen LogP contribution in [0.4, 0.5) is 0 Å². The predicted octanol–water partition coefficient (Wildman–Crippen LogP) is 1.12. The summed E-state index contributed by atoms with van der Waals surface area (Å²) in [6, 6.07) is 0.233. The second kappa shape index (κ2) is 4.65. The molecule has 0 saturated carbocycles. The van der Waals surface area contributed by atoms with Gasteiger partial charge in [0.05, 0.1) is 12.7 Å². The second-order valence-electron chi connectivity index (χ2n) is 4.15. The normalized spacial score (nSPS) is 21.4. The van der Waals surface area contributed by atoms with Crippen LogP contribution in [0.2, 0.25) is 0 Å². The van der Waals surface area contributed by atoms with Crippen molar-refractivity contribution in [2.24, 2.45) is 0 Å². The fraction of sp³-hybridized carbons (Fsp3) is 0.636. The lowest BCUT2D eigenvalue weighted by Crippen LogP contribution is -2.29. The maximum Gasteiger partial charge on any atom is 0.317 e. The molecule has 0 aromatic carbocycles.